The van der Waals surface area contributed by atoms with Crippen LogP contribution >= 0.6 is 35.3 Å². The Balaban J connectivity index is 1.57. The fraction of sp³-hybridized carbons (Fsp3) is 0.0588. The first-order valence-electron chi connectivity index (χ1n) is 7.50. The fourth-order valence-electron chi connectivity index (χ4n) is 2.39. The van der Waals surface area contributed by atoms with E-state index in [1.807, 2.05) is 54.6 Å². The third-order valence-corrected chi connectivity index (χ3v) is 5.90. The number of nitrogen functional groups attached to an aromatic ring is 1. The van der Waals surface area contributed by atoms with Crippen molar-refractivity contribution in [3.05, 3.63) is 64.4 Å². The van der Waals surface area contributed by atoms with Gasteiger partial charge in [-0.15, -0.1) is 5.10 Å². The number of hydrogen-bond donors (Lipinski definition) is 1. The van der Waals surface area contributed by atoms with E-state index in [1.54, 1.807) is 16.4 Å². The summed E-state index contributed by atoms with van der Waals surface area (Å²) in [6, 6.07) is 17.6. The number of rotatable bonds is 4. The third kappa shape index (κ3) is 3.41. The monoisotopic (exact) mass is 383 g/mol. The van der Waals surface area contributed by atoms with Crippen molar-refractivity contribution in [2.45, 2.75) is 10.1 Å². The van der Waals surface area contributed by atoms with Gasteiger partial charge in [0.2, 0.25) is 0 Å². The highest BCUT2D eigenvalue weighted by molar-refractivity contribution is 8.00. The topological polar surface area (TPSA) is 69.6 Å². The minimum absolute atomic E-state index is 0.503. The SMILES string of the molecule is Nc1nc(CSc2nn(-c3ccccc3)c(=S)s2)nc2ccccc12. The number of anilines is 1. The molecule has 0 bridgehead atoms. The number of benzene rings is 2. The largest absolute Gasteiger partial charge is 0.383 e. The second-order valence-electron chi connectivity index (χ2n) is 5.21. The molecule has 8 heteroatoms. The molecule has 0 aliphatic carbocycles. The summed E-state index contributed by atoms with van der Waals surface area (Å²) in [5, 5.41) is 5.46. The molecule has 0 amide bonds. The van der Waals surface area contributed by atoms with Gasteiger partial charge in [-0.1, -0.05) is 53.4 Å². The molecule has 2 aromatic heterocycles. The molecular weight excluding hydrogens is 370 g/mol. The molecule has 0 atom stereocenters. The maximum absolute atomic E-state index is 6.04. The molecule has 5 nitrogen and oxygen atoms in total. The number of nitrogens with zero attached hydrogens (tertiary/aromatic N) is 4. The predicted octanol–water partition coefficient (Wildman–Crippen LogP) is 4.48. The van der Waals surface area contributed by atoms with Gasteiger partial charge >= 0.3 is 0 Å². The summed E-state index contributed by atoms with van der Waals surface area (Å²) in [6.07, 6.45) is 0. The van der Waals surface area contributed by atoms with Crippen molar-refractivity contribution >= 4 is 52.0 Å². The van der Waals surface area contributed by atoms with Crippen molar-refractivity contribution in [3.8, 4) is 5.69 Å². The molecule has 0 unspecified atom stereocenters. The average Bonchev–Trinajstić information content (AvgIpc) is 3.02. The Hall–Kier alpha value is -2.29. The van der Waals surface area contributed by atoms with Crippen molar-refractivity contribution in [1.29, 1.82) is 0 Å². The van der Waals surface area contributed by atoms with E-state index >= 15 is 0 Å². The minimum atomic E-state index is 0.503. The van der Waals surface area contributed by atoms with Crippen LogP contribution in [-0.2, 0) is 5.75 Å². The van der Waals surface area contributed by atoms with Gasteiger partial charge < -0.3 is 5.73 Å². The Morgan fingerprint density at radius 3 is 2.64 bits per heavy atom. The average molecular weight is 384 g/mol. The van der Waals surface area contributed by atoms with Crippen LogP contribution in [0, 0.1) is 3.95 Å². The van der Waals surface area contributed by atoms with Crippen LogP contribution in [0.3, 0.4) is 0 Å². The van der Waals surface area contributed by atoms with Gasteiger partial charge in [-0.2, -0.15) is 0 Å². The highest BCUT2D eigenvalue weighted by Crippen LogP contribution is 2.27. The molecule has 2 heterocycles. The second kappa shape index (κ2) is 6.91. The van der Waals surface area contributed by atoms with Crippen molar-refractivity contribution in [2.24, 2.45) is 0 Å². The molecule has 0 radical (unpaired) electrons. The lowest BCUT2D eigenvalue weighted by molar-refractivity contribution is 0.829. The molecular formula is C17H13N5S3. The Morgan fingerprint density at radius 1 is 1.04 bits per heavy atom. The first-order valence-corrected chi connectivity index (χ1v) is 9.71. The van der Waals surface area contributed by atoms with Gasteiger partial charge in [-0.05, 0) is 36.5 Å². The molecule has 0 saturated carbocycles. The van der Waals surface area contributed by atoms with E-state index < -0.39 is 0 Å². The number of thioether (sulfide) groups is 1. The van der Waals surface area contributed by atoms with E-state index in [9.17, 15) is 0 Å². The first kappa shape index (κ1) is 16.2. The molecule has 0 spiro atoms. The standard InChI is InChI=1S/C17H13N5S3/c18-15-12-8-4-5-9-13(12)19-14(20-15)10-24-16-21-22(17(23)25-16)11-6-2-1-3-7-11/h1-9H,10H2,(H2,18,19,20). The highest BCUT2D eigenvalue weighted by Gasteiger charge is 2.09. The Morgan fingerprint density at radius 2 is 1.80 bits per heavy atom. The van der Waals surface area contributed by atoms with Gasteiger partial charge in [-0.25, -0.2) is 14.6 Å². The van der Waals surface area contributed by atoms with Gasteiger partial charge in [0.1, 0.15) is 11.6 Å². The zero-order valence-corrected chi connectivity index (χ0v) is 15.4. The molecule has 0 saturated heterocycles. The predicted molar refractivity (Wildman–Crippen MR) is 106 cm³/mol. The van der Waals surface area contributed by atoms with E-state index in [1.165, 1.54) is 11.3 Å². The third-order valence-electron chi connectivity index (χ3n) is 3.53. The van der Waals surface area contributed by atoms with E-state index in [2.05, 4.69) is 15.1 Å². The lowest BCUT2D eigenvalue weighted by Crippen LogP contribution is -2.00. The normalized spacial score (nSPS) is 11.0. The number of nitrogens with two attached hydrogens (primary N) is 1. The molecule has 0 fully saturated rings. The molecule has 0 aliphatic rings. The van der Waals surface area contributed by atoms with Crippen molar-refractivity contribution in [3.63, 3.8) is 0 Å². The van der Waals surface area contributed by atoms with E-state index in [4.69, 9.17) is 18.0 Å². The summed E-state index contributed by atoms with van der Waals surface area (Å²) in [5.41, 5.74) is 7.85. The zero-order chi connectivity index (χ0) is 17.2. The summed E-state index contributed by atoms with van der Waals surface area (Å²) in [7, 11) is 0. The molecule has 2 N–H and O–H groups in total. The van der Waals surface area contributed by atoms with Crippen LogP contribution in [0.1, 0.15) is 5.82 Å². The van der Waals surface area contributed by atoms with Gasteiger partial charge in [0.05, 0.1) is 17.0 Å². The quantitative estimate of drug-likeness (QED) is 0.414. The Labute approximate surface area is 157 Å². The van der Waals surface area contributed by atoms with Gasteiger partial charge in [-0.3, -0.25) is 0 Å². The fourth-order valence-corrected chi connectivity index (χ4v) is 4.61. The van der Waals surface area contributed by atoms with Crippen LogP contribution in [0.15, 0.2) is 58.9 Å². The number of aromatic nitrogens is 4. The van der Waals surface area contributed by atoms with Crippen molar-refractivity contribution < 1.29 is 0 Å². The zero-order valence-electron chi connectivity index (χ0n) is 13.0. The molecule has 0 aliphatic heterocycles. The second-order valence-corrected chi connectivity index (χ2v) is 8.06. The lowest BCUT2D eigenvalue weighted by atomic mass is 10.2. The summed E-state index contributed by atoms with van der Waals surface area (Å²) in [6.45, 7) is 0. The smallest absolute Gasteiger partial charge is 0.184 e. The van der Waals surface area contributed by atoms with E-state index in [-0.39, 0.29) is 0 Å². The summed E-state index contributed by atoms with van der Waals surface area (Å²) in [4.78, 5) is 8.96. The molecule has 4 aromatic rings. The lowest BCUT2D eigenvalue weighted by Gasteiger charge is -2.04. The minimum Gasteiger partial charge on any atom is -0.383 e. The molecule has 124 valence electrons. The van der Waals surface area contributed by atoms with Crippen molar-refractivity contribution in [2.75, 3.05) is 5.73 Å². The Bertz CT molecular complexity index is 1090. The maximum atomic E-state index is 6.04. The number of para-hydroxylation sites is 2. The number of fused-ring (bicyclic) bond motifs is 1. The van der Waals surface area contributed by atoms with Gasteiger partial charge in [0.25, 0.3) is 0 Å². The first-order chi connectivity index (χ1) is 12.2. The summed E-state index contributed by atoms with van der Waals surface area (Å²) in [5.74, 6) is 1.78. The van der Waals surface area contributed by atoms with E-state index in [0.29, 0.717) is 21.3 Å². The highest BCUT2D eigenvalue weighted by atomic mass is 32.2. The van der Waals surface area contributed by atoms with Crippen LogP contribution in [0.5, 0.6) is 0 Å². The van der Waals surface area contributed by atoms with Crippen molar-refractivity contribution in [1.82, 2.24) is 19.7 Å². The van der Waals surface area contributed by atoms with Crippen LogP contribution in [0.4, 0.5) is 5.82 Å². The van der Waals surface area contributed by atoms with Crippen LogP contribution in [0.2, 0.25) is 0 Å². The van der Waals surface area contributed by atoms with Gasteiger partial charge in [0.15, 0.2) is 8.29 Å². The molecule has 25 heavy (non-hydrogen) atoms. The van der Waals surface area contributed by atoms with Crippen LogP contribution in [-0.4, -0.2) is 19.7 Å². The number of hydrogen-bond acceptors (Lipinski definition) is 7. The van der Waals surface area contributed by atoms with E-state index in [0.717, 1.165) is 20.9 Å². The van der Waals surface area contributed by atoms with Gasteiger partial charge in [0, 0.05) is 5.39 Å². The van der Waals surface area contributed by atoms with Crippen LogP contribution in [0.25, 0.3) is 16.6 Å². The summed E-state index contributed by atoms with van der Waals surface area (Å²) >= 11 is 8.46. The van der Waals surface area contributed by atoms with Crippen LogP contribution < -0.4 is 5.73 Å². The Kier molecular flexibility index (Phi) is 4.48. The molecule has 2 aromatic carbocycles. The molecule has 4 rings (SSSR count). The maximum Gasteiger partial charge on any atom is 0.184 e. The summed E-state index contributed by atoms with van der Waals surface area (Å²) < 4.78 is 3.37.